The molecule has 0 aromatic carbocycles. The van der Waals surface area contributed by atoms with Gasteiger partial charge in [0.15, 0.2) is 12.4 Å². The Kier molecular flexibility index (Phi) is 5.59. The van der Waals surface area contributed by atoms with Crippen molar-refractivity contribution in [1.82, 2.24) is 5.32 Å². The van der Waals surface area contributed by atoms with E-state index in [-0.39, 0.29) is 36.6 Å². The number of hydrogen-bond acceptors (Lipinski definition) is 5. The summed E-state index contributed by atoms with van der Waals surface area (Å²) in [4.78, 5) is 37.8. The van der Waals surface area contributed by atoms with E-state index in [1.807, 2.05) is 13.0 Å². The number of rotatable bonds is 8. The number of nitrogens with one attached hydrogen (secondary N) is 1. The third-order valence-corrected chi connectivity index (χ3v) is 7.80. The predicted octanol–water partition coefficient (Wildman–Crippen LogP) is 3.90. The molecule has 1 amide bonds. The van der Waals surface area contributed by atoms with Crippen LogP contribution in [0.2, 0.25) is 0 Å². The molecule has 0 spiro atoms. The van der Waals surface area contributed by atoms with Gasteiger partial charge < -0.3 is 10.1 Å². The van der Waals surface area contributed by atoms with E-state index in [0.717, 1.165) is 22.6 Å². The van der Waals surface area contributed by atoms with Gasteiger partial charge in [-0.2, -0.15) is 0 Å². The number of thiophene rings is 1. The maximum Gasteiger partial charge on any atom is 0.306 e. The van der Waals surface area contributed by atoms with Crippen molar-refractivity contribution in [2.24, 2.45) is 23.2 Å². The number of ether oxygens (including phenoxy) is 1. The van der Waals surface area contributed by atoms with E-state index in [9.17, 15) is 14.4 Å². The van der Waals surface area contributed by atoms with Crippen LogP contribution in [0.3, 0.4) is 0 Å². The Bertz CT molecular complexity index is 733. The Balaban J connectivity index is 1.16. The first-order valence-electron chi connectivity index (χ1n) is 10.4. The lowest BCUT2D eigenvalue weighted by Crippen LogP contribution is -2.51. The van der Waals surface area contributed by atoms with E-state index in [0.29, 0.717) is 11.4 Å². The topological polar surface area (TPSA) is 72.5 Å². The van der Waals surface area contributed by atoms with Crippen LogP contribution in [-0.4, -0.2) is 30.8 Å². The Hall–Kier alpha value is -1.69. The average Bonchev–Trinajstić information content (AvgIpc) is 3.08. The van der Waals surface area contributed by atoms with Gasteiger partial charge in [-0.05, 0) is 80.8 Å². The summed E-state index contributed by atoms with van der Waals surface area (Å²) >= 11 is 1.43. The van der Waals surface area contributed by atoms with Crippen LogP contribution in [-0.2, 0) is 14.3 Å². The average molecular weight is 404 g/mol. The molecule has 4 bridgehead atoms. The number of aryl methyl sites for hydroxylation is 1. The minimum Gasteiger partial charge on any atom is -0.456 e. The van der Waals surface area contributed by atoms with Crippen molar-refractivity contribution in [1.29, 1.82) is 0 Å². The van der Waals surface area contributed by atoms with Crippen LogP contribution in [0.25, 0.3) is 0 Å². The number of esters is 1. The molecule has 4 aliphatic carbocycles. The number of Topliss-reactive ketones (excluding diaryl/α,β-unsaturated/α-hetero) is 1. The van der Waals surface area contributed by atoms with Gasteiger partial charge in [0, 0.05) is 17.8 Å². The maximum absolute atomic E-state index is 12.1. The van der Waals surface area contributed by atoms with Gasteiger partial charge in [-0.3, -0.25) is 14.4 Å². The molecular weight excluding hydrogens is 374 g/mol. The van der Waals surface area contributed by atoms with Gasteiger partial charge in [0.2, 0.25) is 0 Å². The molecule has 1 heterocycles. The molecule has 0 unspecified atom stereocenters. The second-order valence-electron chi connectivity index (χ2n) is 9.19. The van der Waals surface area contributed by atoms with E-state index < -0.39 is 5.97 Å². The molecule has 6 heteroatoms. The Morgan fingerprint density at radius 2 is 1.71 bits per heavy atom. The SMILES string of the molecule is Cc1ccc(C(=O)CCC(=O)OCC(=O)NCC23CC4CC(CC(C4)C2)C3)s1. The smallest absolute Gasteiger partial charge is 0.306 e. The molecule has 5 nitrogen and oxygen atoms in total. The highest BCUT2D eigenvalue weighted by Crippen LogP contribution is 2.59. The molecule has 152 valence electrons. The predicted molar refractivity (Wildman–Crippen MR) is 107 cm³/mol. The number of ketones is 1. The van der Waals surface area contributed by atoms with E-state index in [2.05, 4.69) is 5.32 Å². The van der Waals surface area contributed by atoms with Gasteiger partial charge in [0.25, 0.3) is 5.91 Å². The summed E-state index contributed by atoms with van der Waals surface area (Å²) in [6, 6.07) is 3.68. The molecule has 0 aliphatic heterocycles. The monoisotopic (exact) mass is 403 g/mol. The van der Waals surface area contributed by atoms with Crippen LogP contribution in [0.5, 0.6) is 0 Å². The van der Waals surface area contributed by atoms with Gasteiger partial charge in [0.05, 0.1) is 11.3 Å². The van der Waals surface area contributed by atoms with Crippen LogP contribution in [0.1, 0.15) is 65.9 Å². The first-order chi connectivity index (χ1) is 13.4. The maximum atomic E-state index is 12.1. The van der Waals surface area contributed by atoms with Gasteiger partial charge in [0.1, 0.15) is 0 Å². The van der Waals surface area contributed by atoms with E-state index in [1.165, 1.54) is 49.9 Å². The molecule has 5 rings (SSSR count). The largest absolute Gasteiger partial charge is 0.456 e. The summed E-state index contributed by atoms with van der Waals surface area (Å²) in [6.07, 6.45) is 8.00. The van der Waals surface area contributed by atoms with Gasteiger partial charge >= 0.3 is 5.97 Å². The molecule has 0 radical (unpaired) electrons. The fourth-order valence-corrected chi connectivity index (χ4v) is 6.82. The standard InChI is InChI=1S/C22H29NO4S/c1-14-2-4-19(28-14)18(24)3-5-21(26)27-12-20(25)23-13-22-9-15-6-16(10-22)8-17(7-15)11-22/h2,4,15-17H,3,5-13H2,1H3,(H,23,25). The van der Waals surface area contributed by atoms with Gasteiger partial charge in [-0.25, -0.2) is 0 Å². The summed E-state index contributed by atoms with van der Waals surface area (Å²) in [5.74, 6) is 1.78. The van der Waals surface area contributed by atoms with Crippen molar-refractivity contribution < 1.29 is 19.1 Å². The van der Waals surface area contributed by atoms with Crippen molar-refractivity contribution in [3.8, 4) is 0 Å². The van der Waals surface area contributed by atoms with E-state index in [4.69, 9.17) is 4.74 Å². The first kappa shape index (κ1) is 19.6. The van der Waals surface area contributed by atoms with Crippen molar-refractivity contribution in [3.05, 3.63) is 21.9 Å². The quantitative estimate of drug-likeness (QED) is 0.528. The molecule has 4 fully saturated rings. The minimum atomic E-state index is -0.494. The van der Waals surface area contributed by atoms with Crippen LogP contribution >= 0.6 is 11.3 Å². The first-order valence-corrected chi connectivity index (χ1v) is 11.2. The molecule has 1 aromatic rings. The summed E-state index contributed by atoms with van der Waals surface area (Å²) in [5, 5.41) is 3.01. The fourth-order valence-electron chi connectivity index (χ4n) is 5.99. The highest BCUT2D eigenvalue weighted by atomic mass is 32.1. The molecule has 4 aliphatic rings. The second kappa shape index (κ2) is 7.97. The molecule has 28 heavy (non-hydrogen) atoms. The molecule has 1 aromatic heterocycles. The molecule has 0 saturated heterocycles. The zero-order valence-corrected chi connectivity index (χ0v) is 17.3. The van der Waals surface area contributed by atoms with Crippen molar-refractivity contribution in [3.63, 3.8) is 0 Å². The fraction of sp³-hybridized carbons (Fsp3) is 0.682. The lowest BCUT2D eigenvalue weighted by atomic mass is 9.49. The number of amides is 1. The lowest BCUT2D eigenvalue weighted by molar-refractivity contribution is -0.148. The number of hydrogen-bond donors (Lipinski definition) is 1. The highest BCUT2D eigenvalue weighted by molar-refractivity contribution is 7.14. The molecular formula is C22H29NO4S. The van der Waals surface area contributed by atoms with Crippen LogP contribution in [0.15, 0.2) is 12.1 Å². The molecule has 1 N–H and O–H groups in total. The van der Waals surface area contributed by atoms with Gasteiger partial charge in [-0.1, -0.05) is 0 Å². The summed E-state index contributed by atoms with van der Waals surface area (Å²) in [6.45, 7) is 2.40. The van der Waals surface area contributed by atoms with Crippen molar-refractivity contribution in [2.45, 2.75) is 58.3 Å². The highest BCUT2D eigenvalue weighted by Gasteiger charge is 2.50. The Morgan fingerprint density at radius 1 is 1.07 bits per heavy atom. The van der Waals surface area contributed by atoms with Crippen LogP contribution in [0, 0.1) is 30.1 Å². The third kappa shape index (κ3) is 4.48. The Labute approximate surface area is 170 Å². The minimum absolute atomic E-state index is 0.0119. The van der Waals surface area contributed by atoms with Crippen LogP contribution in [0.4, 0.5) is 0 Å². The zero-order chi connectivity index (χ0) is 19.7. The second-order valence-corrected chi connectivity index (χ2v) is 10.5. The lowest BCUT2D eigenvalue weighted by Gasteiger charge is -2.56. The zero-order valence-electron chi connectivity index (χ0n) is 16.5. The summed E-state index contributed by atoms with van der Waals surface area (Å²) in [5.41, 5.74) is 0.277. The third-order valence-electron chi connectivity index (χ3n) is 6.76. The van der Waals surface area contributed by atoms with Crippen LogP contribution < -0.4 is 5.32 Å². The Morgan fingerprint density at radius 3 is 2.29 bits per heavy atom. The molecule has 0 atom stereocenters. The van der Waals surface area contributed by atoms with E-state index in [1.54, 1.807) is 6.07 Å². The summed E-state index contributed by atoms with van der Waals surface area (Å²) < 4.78 is 5.07. The van der Waals surface area contributed by atoms with Gasteiger partial charge in [-0.15, -0.1) is 11.3 Å². The number of carbonyl (C=O) groups is 3. The number of carbonyl (C=O) groups excluding carboxylic acids is 3. The normalized spacial score (nSPS) is 30.2. The summed E-state index contributed by atoms with van der Waals surface area (Å²) in [7, 11) is 0. The van der Waals surface area contributed by atoms with Crippen molar-refractivity contribution in [2.75, 3.05) is 13.2 Å². The molecule has 4 saturated carbocycles. The van der Waals surface area contributed by atoms with Crippen molar-refractivity contribution >= 4 is 29.0 Å². The van der Waals surface area contributed by atoms with E-state index >= 15 is 0 Å².